The van der Waals surface area contributed by atoms with Crippen LogP contribution in [-0.2, 0) is 0 Å². The van der Waals surface area contributed by atoms with E-state index in [0.29, 0.717) is 0 Å². The zero-order valence-electron chi connectivity index (χ0n) is 7.57. The summed E-state index contributed by atoms with van der Waals surface area (Å²) in [5, 5.41) is 3.18. The van der Waals surface area contributed by atoms with Crippen LogP contribution >= 0.6 is 0 Å². The summed E-state index contributed by atoms with van der Waals surface area (Å²) in [6.07, 6.45) is 0. The van der Waals surface area contributed by atoms with Gasteiger partial charge in [0.2, 0.25) is 0 Å². The van der Waals surface area contributed by atoms with Crippen molar-refractivity contribution < 1.29 is 8.78 Å². The molecule has 1 saturated heterocycles. The van der Waals surface area contributed by atoms with Crippen molar-refractivity contribution in [3.05, 3.63) is 35.4 Å². The van der Waals surface area contributed by atoms with E-state index in [4.69, 9.17) is 0 Å². The smallest absolute Gasteiger partial charge is 0.159 e. The first kappa shape index (κ1) is 8.63. The molecule has 1 unspecified atom stereocenters. The van der Waals surface area contributed by atoms with Gasteiger partial charge >= 0.3 is 0 Å². The molecule has 1 aliphatic rings. The molecule has 1 aliphatic heterocycles. The third-order valence-corrected chi connectivity index (χ3v) is 2.43. The number of benzene rings is 1. The van der Waals surface area contributed by atoms with Gasteiger partial charge in [0.15, 0.2) is 11.6 Å². The highest BCUT2D eigenvalue weighted by atomic mass is 19.2. The molecule has 1 aromatic carbocycles. The van der Waals surface area contributed by atoms with Crippen LogP contribution in [0.15, 0.2) is 18.2 Å². The SMILES string of the molecule is CC1(C)NC1c1ccc(F)c(F)c1. The maximum absolute atomic E-state index is 12.8. The predicted molar refractivity (Wildman–Crippen MR) is 46.3 cm³/mol. The average molecular weight is 183 g/mol. The Kier molecular flexibility index (Phi) is 1.67. The van der Waals surface area contributed by atoms with Crippen LogP contribution < -0.4 is 5.32 Å². The number of rotatable bonds is 1. The van der Waals surface area contributed by atoms with Crippen LogP contribution in [0, 0.1) is 11.6 Å². The van der Waals surface area contributed by atoms with Crippen molar-refractivity contribution in [3.63, 3.8) is 0 Å². The molecule has 0 saturated carbocycles. The predicted octanol–water partition coefficient (Wildman–Crippen LogP) is 2.39. The van der Waals surface area contributed by atoms with Crippen molar-refractivity contribution in [2.45, 2.75) is 25.4 Å². The molecule has 1 nitrogen and oxygen atoms in total. The molecule has 1 fully saturated rings. The van der Waals surface area contributed by atoms with Crippen molar-refractivity contribution in [2.75, 3.05) is 0 Å². The third kappa shape index (κ3) is 1.44. The van der Waals surface area contributed by atoms with Crippen LogP contribution in [0.5, 0.6) is 0 Å². The van der Waals surface area contributed by atoms with E-state index >= 15 is 0 Å². The third-order valence-electron chi connectivity index (χ3n) is 2.43. The molecule has 1 atom stereocenters. The molecule has 0 aliphatic carbocycles. The molecule has 3 heteroatoms. The molecule has 0 bridgehead atoms. The Morgan fingerprint density at radius 1 is 1.23 bits per heavy atom. The summed E-state index contributed by atoms with van der Waals surface area (Å²) in [5.74, 6) is -1.57. The molecule has 2 rings (SSSR count). The topological polar surface area (TPSA) is 21.9 Å². The number of hydrogen-bond acceptors (Lipinski definition) is 1. The first-order valence-corrected chi connectivity index (χ1v) is 4.23. The first-order chi connectivity index (χ1) is 6.00. The Labute approximate surface area is 75.8 Å². The Balaban J connectivity index is 2.29. The molecule has 0 aromatic heterocycles. The lowest BCUT2D eigenvalue weighted by Crippen LogP contribution is -2.00. The molecule has 1 N–H and O–H groups in total. The van der Waals surface area contributed by atoms with E-state index in [1.54, 1.807) is 6.07 Å². The Morgan fingerprint density at radius 3 is 2.31 bits per heavy atom. The molecule has 1 aromatic rings. The fraction of sp³-hybridized carbons (Fsp3) is 0.400. The fourth-order valence-electron chi connectivity index (χ4n) is 1.52. The second-order valence-electron chi connectivity index (χ2n) is 3.97. The zero-order valence-corrected chi connectivity index (χ0v) is 7.57. The van der Waals surface area contributed by atoms with Gasteiger partial charge in [0.05, 0.1) is 6.04 Å². The van der Waals surface area contributed by atoms with Crippen molar-refractivity contribution in [3.8, 4) is 0 Å². The first-order valence-electron chi connectivity index (χ1n) is 4.23. The highest BCUT2D eigenvalue weighted by molar-refractivity contribution is 5.30. The van der Waals surface area contributed by atoms with Gasteiger partial charge in [0.25, 0.3) is 0 Å². The van der Waals surface area contributed by atoms with E-state index in [0.717, 1.165) is 5.56 Å². The maximum Gasteiger partial charge on any atom is 0.159 e. The standard InChI is InChI=1S/C10H11F2N/c1-10(2)9(13-10)6-3-4-7(11)8(12)5-6/h3-5,9,13H,1-2H3. The quantitative estimate of drug-likeness (QED) is 0.663. The molecular formula is C10H11F2N. The zero-order chi connectivity index (χ0) is 9.64. The van der Waals surface area contributed by atoms with E-state index in [1.807, 2.05) is 13.8 Å². The summed E-state index contributed by atoms with van der Waals surface area (Å²) in [4.78, 5) is 0. The van der Waals surface area contributed by atoms with Crippen LogP contribution in [0.2, 0.25) is 0 Å². The number of halogens is 2. The molecule has 0 amide bonds. The largest absolute Gasteiger partial charge is 0.301 e. The summed E-state index contributed by atoms with van der Waals surface area (Å²) in [7, 11) is 0. The second-order valence-corrected chi connectivity index (χ2v) is 3.97. The highest BCUT2D eigenvalue weighted by Crippen LogP contribution is 2.39. The molecule has 0 radical (unpaired) electrons. The number of hydrogen-bond donors (Lipinski definition) is 1. The van der Waals surface area contributed by atoms with Crippen LogP contribution in [-0.4, -0.2) is 5.54 Å². The lowest BCUT2D eigenvalue weighted by Gasteiger charge is -2.01. The maximum atomic E-state index is 12.8. The van der Waals surface area contributed by atoms with Gasteiger partial charge in [-0.25, -0.2) is 8.78 Å². The Morgan fingerprint density at radius 2 is 1.85 bits per heavy atom. The van der Waals surface area contributed by atoms with Crippen LogP contribution in [0.4, 0.5) is 8.78 Å². The molecule has 0 spiro atoms. The molecule has 70 valence electrons. The molecule has 13 heavy (non-hydrogen) atoms. The normalized spacial score (nSPS) is 24.5. The summed E-state index contributed by atoms with van der Waals surface area (Å²) >= 11 is 0. The van der Waals surface area contributed by atoms with E-state index in [9.17, 15) is 8.78 Å². The lowest BCUT2D eigenvalue weighted by atomic mass is 10.0. The van der Waals surface area contributed by atoms with Crippen molar-refractivity contribution in [1.29, 1.82) is 0 Å². The summed E-state index contributed by atoms with van der Waals surface area (Å²) in [5.41, 5.74) is 0.827. The minimum absolute atomic E-state index is 0.0181. The summed E-state index contributed by atoms with van der Waals surface area (Å²) in [6.45, 7) is 4.05. The summed E-state index contributed by atoms with van der Waals surface area (Å²) in [6, 6.07) is 4.19. The van der Waals surface area contributed by atoms with Gasteiger partial charge in [-0.05, 0) is 31.5 Å². The van der Waals surface area contributed by atoms with E-state index in [2.05, 4.69) is 5.32 Å². The molecular weight excluding hydrogens is 172 g/mol. The lowest BCUT2D eigenvalue weighted by molar-refractivity contribution is 0.506. The minimum atomic E-state index is -0.790. The van der Waals surface area contributed by atoms with E-state index < -0.39 is 11.6 Å². The van der Waals surface area contributed by atoms with Crippen molar-refractivity contribution in [1.82, 2.24) is 5.32 Å². The van der Waals surface area contributed by atoms with Gasteiger partial charge < -0.3 is 5.32 Å². The van der Waals surface area contributed by atoms with Gasteiger partial charge in [-0.3, -0.25) is 0 Å². The van der Waals surface area contributed by atoms with Crippen LogP contribution in [0.25, 0.3) is 0 Å². The van der Waals surface area contributed by atoms with E-state index in [1.165, 1.54) is 12.1 Å². The van der Waals surface area contributed by atoms with Crippen molar-refractivity contribution >= 4 is 0 Å². The van der Waals surface area contributed by atoms with Crippen LogP contribution in [0.1, 0.15) is 25.5 Å². The monoisotopic (exact) mass is 183 g/mol. The van der Waals surface area contributed by atoms with E-state index in [-0.39, 0.29) is 11.6 Å². The van der Waals surface area contributed by atoms with Crippen LogP contribution in [0.3, 0.4) is 0 Å². The fourth-order valence-corrected chi connectivity index (χ4v) is 1.52. The second kappa shape index (κ2) is 2.51. The van der Waals surface area contributed by atoms with Gasteiger partial charge in [-0.1, -0.05) is 6.07 Å². The van der Waals surface area contributed by atoms with Crippen molar-refractivity contribution in [2.24, 2.45) is 0 Å². The highest BCUT2D eigenvalue weighted by Gasteiger charge is 2.45. The van der Waals surface area contributed by atoms with Gasteiger partial charge in [-0.15, -0.1) is 0 Å². The van der Waals surface area contributed by atoms with Gasteiger partial charge in [-0.2, -0.15) is 0 Å². The Hall–Kier alpha value is -0.960. The van der Waals surface area contributed by atoms with Gasteiger partial charge in [0, 0.05) is 5.54 Å². The Bertz CT molecular complexity index is 347. The average Bonchev–Trinajstić information content (AvgIpc) is 2.66. The van der Waals surface area contributed by atoms with Gasteiger partial charge in [0.1, 0.15) is 0 Å². The molecule has 1 heterocycles. The summed E-state index contributed by atoms with van der Waals surface area (Å²) < 4.78 is 25.4. The number of nitrogens with one attached hydrogen (secondary N) is 1. The minimum Gasteiger partial charge on any atom is -0.301 e.